The van der Waals surface area contributed by atoms with Crippen LogP contribution in [-0.2, 0) is 9.05 Å². The molecular formula is C18H24B2O2P2+2. The molecule has 2 unspecified atom stereocenters. The highest BCUT2D eigenvalue weighted by atomic mass is 31.2. The SMILES string of the molecule is [B][P+](CC[P+]([B])(OCC)c1ccccc1)(OCC)c1ccccc1. The van der Waals surface area contributed by atoms with E-state index in [-0.39, 0.29) is 0 Å². The second kappa shape index (κ2) is 9.16. The van der Waals surface area contributed by atoms with Gasteiger partial charge in [-0.15, -0.1) is 0 Å². The van der Waals surface area contributed by atoms with Crippen LogP contribution in [0.1, 0.15) is 13.8 Å². The van der Waals surface area contributed by atoms with E-state index in [1.165, 1.54) is 0 Å². The van der Waals surface area contributed by atoms with Crippen LogP contribution in [0.15, 0.2) is 60.7 Å². The molecule has 2 aromatic rings. The van der Waals surface area contributed by atoms with E-state index in [9.17, 15) is 0 Å². The van der Waals surface area contributed by atoms with Gasteiger partial charge in [-0.05, 0) is 38.1 Å². The van der Waals surface area contributed by atoms with Crippen molar-refractivity contribution >= 4 is 40.5 Å². The fourth-order valence-corrected chi connectivity index (χ4v) is 8.38. The van der Waals surface area contributed by atoms with Gasteiger partial charge >= 0.3 is 15.1 Å². The Labute approximate surface area is 149 Å². The van der Waals surface area contributed by atoms with Crippen molar-refractivity contribution in [2.24, 2.45) is 0 Å². The molecule has 2 nitrogen and oxygen atoms in total. The van der Waals surface area contributed by atoms with E-state index in [0.29, 0.717) is 25.5 Å². The maximum atomic E-state index is 6.71. The lowest BCUT2D eigenvalue weighted by atomic mass is 10.4. The van der Waals surface area contributed by atoms with Gasteiger partial charge in [0.2, 0.25) is 0 Å². The second-order valence-corrected chi connectivity index (χ2v) is 11.2. The van der Waals surface area contributed by atoms with Gasteiger partial charge in [-0.25, -0.2) is 0 Å². The molecular weight excluding hydrogens is 332 g/mol. The van der Waals surface area contributed by atoms with Crippen molar-refractivity contribution in [1.29, 1.82) is 0 Å². The molecule has 122 valence electrons. The fraction of sp³-hybridized carbons (Fsp3) is 0.333. The lowest BCUT2D eigenvalue weighted by Crippen LogP contribution is -2.24. The summed E-state index contributed by atoms with van der Waals surface area (Å²) in [5.74, 6) is 0. The Balaban J connectivity index is 2.22. The average Bonchev–Trinajstić information content (AvgIpc) is 2.62. The smallest absolute Gasteiger partial charge is 0.252 e. The van der Waals surface area contributed by atoms with Gasteiger partial charge in [0.25, 0.3) is 0 Å². The van der Waals surface area contributed by atoms with Crippen LogP contribution < -0.4 is 10.6 Å². The molecule has 2 rings (SSSR count). The van der Waals surface area contributed by atoms with Crippen LogP contribution in [0.25, 0.3) is 0 Å². The highest BCUT2D eigenvalue weighted by Crippen LogP contribution is 2.61. The zero-order chi connectivity index (χ0) is 17.5. The molecule has 0 amide bonds. The van der Waals surface area contributed by atoms with Gasteiger partial charge in [-0.2, -0.15) is 0 Å². The number of hydrogen-bond acceptors (Lipinski definition) is 2. The largest absolute Gasteiger partial charge is 0.408 e. The first kappa shape index (κ1) is 19.7. The van der Waals surface area contributed by atoms with Crippen LogP contribution in [0.3, 0.4) is 0 Å². The van der Waals surface area contributed by atoms with Crippen molar-refractivity contribution < 1.29 is 9.05 Å². The lowest BCUT2D eigenvalue weighted by Gasteiger charge is -2.26. The third kappa shape index (κ3) is 4.93. The Kier molecular flexibility index (Phi) is 7.51. The molecule has 0 spiro atoms. The van der Waals surface area contributed by atoms with Crippen LogP contribution in [0.5, 0.6) is 0 Å². The van der Waals surface area contributed by atoms with Crippen molar-refractivity contribution in [2.75, 3.05) is 25.5 Å². The van der Waals surface area contributed by atoms with E-state index in [4.69, 9.17) is 24.2 Å². The molecule has 6 heteroatoms. The Hall–Kier alpha value is -0.650. The zero-order valence-electron chi connectivity index (χ0n) is 14.5. The van der Waals surface area contributed by atoms with Crippen LogP contribution in [0, 0.1) is 0 Å². The summed E-state index contributed by atoms with van der Waals surface area (Å²) >= 11 is 0. The summed E-state index contributed by atoms with van der Waals surface area (Å²) in [5.41, 5.74) is 0. The van der Waals surface area contributed by atoms with Crippen molar-refractivity contribution in [3.05, 3.63) is 60.7 Å². The van der Waals surface area contributed by atoms with Crippen molar-refractivity contribution in [1.82, 2.24) is 0 Å². The van der Waals surface area contributed by atoms with Crippen molar-refractivity contribution in [3.8, 4) is 0 Å². The third-order valence-electron chi connectivity index (χ3n) is 3.87. The minimum atomic E-state index is -2.19. The Morgan fingerprint density at radius 1 is 0.667 bits per heavy atom. The van der Waals surface area contributed by atoms with Crippen molar-refractivity contribution in [3.63, 3.8) is 0 Å². The van der Waals surface area contributed by atoms with E-state index in [1.807, 2.05) is 74.5 Å². The molecule has 0 aromatic heterocycles. The summed E-state index contributed by atoms with van der Waals surface area (Å²) in [5, 5.41) is 2.14. The molecule has 0 N–H and O–H groups in total. The summed E-state index contributed by atoms with van der Waals surface area (Å²) < 4.78 is 12.0. The van der Waals surface area contributed by atoms with Crippen molar-refractivity contribution in [2.45, 2.75) is 13.8 Å². The topological polar surface area (TPSA) is 18.5 Å². The molecule has 2 atom stereocenters. The van der Waals surface area contributed by atoms with E-state index in [2.05, 4.69) is 0 Å². The minimum Gasteiger partial charge on any atom is -0.252 e. The first-order chi connectivity index (χ1) is 11.5. The van der Waals surface area contributed by atoms with Gasteiger partial charge in [0.15, 0.2) is 0 Å². The number of rotatable bonds is 9. The molecule has 0 aliphatic heterocycles. The zero-order valence-corrected chi connectivity index (χ0v) is 16.3. The molecule has 24 heavy (non-hydrogen) atoms. The molecule has 2 aromatic carbocycles. The van der Waals surface area contributed by atoms with Gasteiger partial charge in [0, 0.05) is 0 Å². The van der Waals surface area contributed by atoms with E-state index in [1.54, 1.807) is 0 Å². The maximum absolute atomic E-state index is 6.71. The Morgan fingerprint density at radius 2 is 1.00 bits per heavy atom. The predicted octanol–water partition coefficient (Wildman–Crippen LogP) is 3.74. The molecule has 0 aliphatic rings. The monoisotopic (exact) mass is 356 g/mol. The highest BCUT2D eigenvalue weighted by Gasteiger charge is 2.44. The molecule has 0 aliphatic carbocycles. The third-order valence-corrected chi connectivity index (χ3v) is 9.78. The quantitative estimate of drug-likeness (QED) is 0.504. The van der Waals surface area contributed by atoms with Crippen LogP contribution >= 0.6 is 14.7 Å². The van der Waals surface area contributed by atoms with Gasteiger partial charge in [0.1, 0.15) is 37.7 Å². The summed E-state index contributed by atoms with van der Waals surface area (Å²) in [7, 11) is 9.02. The first-order valence-corrected chi connectivity index (χ1v) is 12.2. The van der Waals surface area contributed by atoms with Gasteiger partial charge < -0.3 is 0 Å². The number of benzene rings is 2. The summed E-state index contributed by atoms with van der Waals surface area (Å²) in [6, 6.07) is 20.2. The fourth-order valence-electron chi connectivity index (χ4n) is 2.65. The molecule has 0 saturated heterocycles. The highest BCUT2D eigenvalue weighted by molar-refractivity contribution is 8.02. The van der Waals surface area contributed by atoms with Gasteiger partial charge in [-0.3, -0.25) is 9.05 Å². The van der Waals surface area contributed by atoms with Gasteiger partial charge in [-0.1, -0.05) is 36.4 Å². The first-order valence-electron chi connectivity index (χ1n) is 8.27. The average molecular weight is 356 g/mol. The normalized spacial score (nSPS) is 16.2. The Bertz CT molecular complexity index is 559. The number of hydrogen-bond donors (Lipinski definition) is 0. The maximum Gasteiger partial charge on any atom is 0.408 e. The van der Waals surface area contributed by atoms with E-state index >= 15 is 0 Å². The summed E-state index contributed by atoms with van der Waals surface area (Å²) in [6.07, 6.45) is 1.42. The van der Waals surface area contributed by atoms with E-state index < -0.39 is 14.7 Å². The predicted molar refractivity (Wildman–Crippen MR) is 110 cm³/mol. The van der Waals surface area contributed by atoms with Crippen LogP contribution in [-0.4, -0.2) is 40.7 Å². The lowest BCUT2D eigenvalue weighted by molar-refractivity contribution is 0.374. The molecule has 0 heterocycles. The molecule has 0 bridgehead atoms. The molecule has 0 fully saturated rings. The van der Waals surface area contributed by atoms with Crippen LogP contribution in [0.4, 0.5) is 0 Å². The summed E-state index contributed by atoms with van der Waals surface area (Å²) in [4.78, 5) is 0. The summed E-state index contributed by atoms with van der Waals surface area (Å²) in [6.45, 7) is 5.15. The minimum absolute atomic E-state index is 0.592. The molecule has 0 saturated carbocycles. The second-order valence-electron chi connectivity index (χ2n) is 5.55. The van der Waals surface area contributed by atoms with E-state index in [0.717, 1.165) is 10.6 Å². The van der Waals surface area contributed by atoms with Crippen LogP contribution in [0.2, 0.25) is 0 Å². The van der Waals surface area contributed by atoms with Gasteiger partial charge in [0.05, 0.1) is 13.2 Å². The molecule has 4 radical (unpaired) electrons. The Morgan fingerprint density at radius 3 is 1.29 bits per heavy atom. The standard InChI is InChI=1S/C18H24B2O2P2/c1-3-21-23(19,17-11-7-5-8-12-17)15-16-24(20,22-4-2)18-13-9-6-10-14-18/h5-14H,3-4,15-16H2,1-2H3/q+2.